The fourth-order valence-electron chi connectivity index (χ4n) is 2.07. The first kappa shape index (κ1) is 14.8. The number of benzene rings is 1. The van der Waals surface area contributed by atoms with E-state index in [4.69, 9.17) is 5.73 Å². The van der Waals surface area contributed by atoms with Crippen molar-refractivity contribution in [1.29, 1.82) is 0 Å². The van der Waals surface area contributed by atoms with Gasteiger partial charge in [-0.3, -0.25) is 19.7 Å². The number of anilines is 2. The summed E-state index contributed by atoms with van der Waals surface area (Å²) in [6.45, 7) is 3.08. The Kier molecular flexibility index (Phi) is 3.54. The molecule has 1 aliphatic rings. The van der Waals surface area contributed by atoms with E-state index in [1.165, 1.54) is 6.07 Å². The van der Waals surface area contributed by atoms with Crippen molar-refractivity contribution >= 4 is 28.9 Å². The van der Waals surface area contributed by atoms with Crippen LogP contribution >= 0.6 is 0 Å². The monoisotopic (exact) mass is 292 g/mol. The molecule has 0 radical (unpaired) electrons. The van der Waals surface area contributed by atoms with Crippen molar-refractivity contribution < 1.29 is 14.5 Å². The molecule has 0 atom stereocenters. The standard InChI is InChI=1S/C13H16N4O4/c1-13(2,12(14)19)16-9-5-7-3-4-11(18)15-8(7)6-10(9)17(20)21/h5-6,16H,3-4H2,1-2H3,(H2,14,19)(H,15,18). The number of carbonyl (C=O) groups excluding carboxylic acids is 2. The Morgan fingerprint density at radius 1 is 1.43 bits per heavy atom. The summed E-state index contributed by atoms with van der Waals surface area (Å²) in [6.07, 6.45) is 0.814. The topological polar surface area (TPSA) is 127 Å². The van der Waals surface area contributed by atoms with Crippen LogP contribution < -0.4 is 16.4 Å². The van der Waals surface area contributed by atoms with Gasteiger partial charge in [-0.1, -0.05) is 0 Å². The maximum absolute atomic E-state index is 11.4. The van der Waals surface area contributed by atoms with E-state index in [0.717, 1.165) is 5.56 Å². The van der Waals surface area contributed by atoms with Gasteiger partial charge in [-0.25, -0.2) is 0 Å². The van der Waals surface area contributed by atoms with Crippen LogP contribution in [0.25, 0.3) is 0 Å². The van der Waals surface area contributed by atoms with Gasteiger partial charge in [-0.2, -0.15) is 0 Å². The molecule has 8 nitrogen and oxygen atoms in total. The number of amides is 2. The smallest absolute Gasteiger partial charge is 0.294 e. The van der Waals surface area contributed by atoms with Crippen molar-refractivity contribution in [2.75, 3.05) is 10.6 Å². The van der Waals surface area contributed by atoms with Gasteiger partial charge in [0.05, 0.1) is 10.6 Å². The van der Waals surface area contributed by atoms with Gasteiger partial charge in [0.25, 0.3) is 5.69 Å². The summed E-state index contributed by atoms with van der Waals surface area (Å²) >= 11 is 0. The van der Waals surface area contributed by atoms with Gasteiger partial charge < -0.3 is 16.4 Å². The zero-order valence-corrected chi connectivity index (χ0v) is 11.7. The van der Waals surface area contributed by atoms with Crippen LogP contribution in [0.5, 0.6) is 0 Å². The number of aryl methyl sites for hydroxylation is 1. The zero-order chi connectivity index (χ0) is 15.8. The van der Waals surface area contributed by atoms with Gasteiger partial charge in [-0.15, -0.1) is 0 Å². The number of nitrogens with one attached hydrogen (secondary N) is 2. The second-order valence-corrected chi connectivity index (χ2v) is 5.45. The van der Waals surface area contributed by atoms with Crippen LogP contribution in [0, 0.1) is 10.1 Å². The first-order chi connectivity index (χ1) is 9.70. The molecule has 2 amide bonds. The van der Waals surface area contributed by atoms with E-state index in [2.05, 4.69) is 10.6 Å². The molecular formula is C13H16N4O4. The van der Waals surface area contributed by atoms with E-state index >= 15 is 0 Å². The van der Waals surface area contributed by atoms with Crippen molar-refractivity contribution in [3.63, 3.8) is 0 Å². The van der Waals surface area contributed by atoms with Gasteiger partial charge >= 0.3 is 0 Å². The first-order valence-electron chi connectivity index (χ1n) is 6.40. The normalized spacial score (nSPS) is 14.1. The summed E-state index contributed by atoms with van der Waals surface area (Å²) < 4.78 is 0. The number of hydrogen-bond acceptors (Lipinski definition) is 5. The molecule has 0 spiro atoms. The predicted molar refractivity (Wildman–Crippen MR) is 76.9 cm³/mol. The Hall–Kier alpha value is -2.64. The van der Waals surface area contributed by atoms with Gasteiger partial charge in [0.15, 0.2) is 0 Å². The molecule has 2 rings (SSSR count). The molecule has 0 aliphatic carbocycles. The molecule has 0 bridgehead atoms. The average Bonchev–Trinajstić information content (AvgIpc) is 2.37. The van der Waals surface area contributed by atoms with Crippen LogP contribution in [0.4, 0.5) is 17.1 Å². The molecule has 0 fully saturated rings. The lowest BCUT2D eigenvalue weighted by Gasteiger charge is -2.25. The molecule has 1 aromatic carbocycles. The number of primary amides is 1. The van der Waals surface area contributed by atoms with Crippen molar-refractivity contribution in [2.45, 2.75) is 32.2 Å². The minimum absolute atomic E-state index is 0.171. The minimum atomic E-state index is -1.13. The molecule has 112 valence electrons. The van der Waals surface area contributed by atoms with Crippen LogP contribution in [-0.4, -0.2) is 22.3 Å². The molecule has 0 aromatic heterocycles. The average molecular weight is 292 g/mol. The maximum atomic E-state index is 11.4. The van der Waals surface area contributed by atoms with Gasteiger partial charge in [0.1, 0.15) is 11.2 Å². The highest BCUT2D eigenvalue weighted by atomic mass is 16.6. The fourth-order valence-corrected chi connectivity index (χ4v) is 2.07. The molecule has 1 aromatic rings. The van der Waals surface area contributed by atoms with Crippen molar-refractivity contribution in [3.8, 4) is 0 Å². The fraction of sp³-hybridized carbons (Fsp3) is 0.385. The number of nitro groups is 1. The number of nitrogens with two attached hydrogens (primary N) is 1. The molecule has 1 heterocycles. The summed E-state index contributed by atoms with van der Waals surface area (Å²) in [5.74, 6) is -0.794. The number of nitrogens with zero attached hydrogens (tertiary/aromatic N) is 1. The lowest BCUT2D eigenvalue weighted by atomic mass is 9.99. The quantitative estimate of drug-likeness (QED) is 0.566. The molecule has 0 unspecified atom stereocenters. The number of fused-ring (bicyclic) bond motifs is 1. The van der Waals surface area contributed by atoms with Crippen LogP contribution in [0.1, 0.15) is 25.8 Å². The third-order valence-corrected chi connectivity index (χ3v) is 3.38. The second kappa shape index (κ2) is 5.04. The Labute approximate surface area is 120 Å². The van der Waals surface area contributed by atoms with Gasteiger partial charge in [0.2, 0.25) is 11.8 Å². The van der Waals surface area contributed by atoms with Crippen LogP contribution in [0.15, 0.2) is 12.1 Å². The molecule has 0 saturated carbocycles. The van der Waals surface area contributed by atoms with Gasteiger partial charge in [-0.05, 0) is 31.9 Å². The summed E-state index contributed by atoms with van der Waals surface area (Å²) in [5, 5.41) is 16.6. The maximum Gasteiger partial charge on any atom is 0.294 e. The van der Waals surface area contributed by atoms with Crippen molar-refractivity contribution in [1.82, 2.24) is 0 Å². The minimum Gasteiger partial charge on any atom is -0.368 e. The van der Waals surface area contributed by atoms with E-state index in [-0.39, 0.29) is 17.3 Å². The Morgan fingerprint density at radius 3 is 2.67 bits per heavy atom. The molecule has 1 aliphatic heterocycles. The molecule has 0 saturated heterocycles. The highest BCUT2D eigenvalue weighted by molar-refractivity contribution is 5.95. The number of nitro benzene ring substituents is 1. The number of hydrogen-bond donors (Lipinski definition) is 3. The number of carbonyl (C=O) groups is 2. The van der Waals surface area contributed by atoms with E-state index in [1.807, 2.05) is 0 Å². The molecular weight excluding hydrogens is 276 g/mol. The van der Waals surface area contributed by atoms with Crippen molar-refractivity contribution in [3.05, 3.63) is 27.8 Å². The summed E-state index contributed by atoms with van der Waals surface area (Å²) in [5.41, 5.74) is 5.35. The van der Waals surface area contributed by atoms with Crippen molar-refractivity contribution in [2.24, 2.45) is 5.73 Å². The Morgan fingerprint density at radius 2 is 2.10 bits per heavy atom. The summed E-state index contributed by atoms with van der Waals surface area (Å²) in [4.78, 5) is 33.3. The summed E-state index contributed by atoms with van der Waals surface area (Å²) in [7, 11) is 0. The second-order valence-electron chi connectivity index (χ2n) is 5.45. The van der Waals surface area contributed by atoms with Crippen LogP contribution in [0.3, 0.4) is 0 Å². The lowest BCUT2D eigenvalue weighted by Crippen LogP contribution is -2.45. The van der Waals surface area contributed by atoms with E-state index in [9.17, 15) is 19.7 Å². The molecule has 8 heteroatoms. The molecule has 21 heavy (non-hydrogen) atoms. The lowest BCUT2D eigenvalue weighted by molar-refractivity contribution is -0.383. The van der Waals surface area contributed by atoms with E-state index < -0.39 is 16.4 Å². The highest BCUT2D eigenvalue weighted by Gasteiger charge is 2.29. The van der Waals surface area contributed by atoms with E-state index in [0.29, 0.717) is 18.5 Å². The predicted octanol–water partition coefficient (Wildman–Crippen LogP) is 1.16. The summed E-state index contributed by atoms with van der Waals surface area (Å²) in [6, 6.07) is 2.88. The first-order valence-corrected chi connectivity index (χ1v) is 6.40. The Bertz CT molecular complexity index is 639. The zero-order valence-electron chi connectivity index (χ0n) is 11.7. The highest BCUT2D eigenvalue weighted by Crippen LogP contribution is 2.35. The van der Waals surface area contributed by atoms with Crippen LogP contribution in [0.2, 0.25) is 0 Å². The SMILES string of the molecule is CC(C)(Nc1cc2c(cc1[N+](=O)[O-])NC(=O)CC2)C(N)=O. The third kappa shape index (κ3) is 2.93. The molecule has 4 N–H and O–H groups in total. The number of rotatable bonds is 4. The third-order valence-electron chi connectivity index (χ3n) is 3.38. The Balaban J connectivity index is 2.47. The van der Waals surface area contributed by atoms with E-state index in [1.54, 1.807) is 19.9 Å². The van der Waals surface area contributed by atoms with Crippen LogP contribution in [-0.2, 0) is 16.0 Å². The largest absolute Gasteiger partial charge is 0.368 e. The van der Waals surface area contributed by atoms with Gasteiger partial charge in [0, 0.05) is 12.5 Å².